The fourth-order valence-corrected chi connectivity index (χ4v) is 1.98. The second kappa shape index (κ2) is 4.06. The van der Waals surface area contributed by atoms with Gasteiger partial charge in [-0.3, -0.25) is 9.78 Å². The Morgan fingerprint density at radius 3 is 3.00 bits per heavy atom. The van der Waals surface area contributed by atoms with Crippen molar-refractivity contribution in [3.63, 3.8) is 0 Å². The molecule has 1 fully saturated rings. The summed E-state index contributed by atoms with van der Waals surface area (Å²) in [5, 5.41) is 8.85. The van der Waals surface area contributed by atoms with Gasteiger partial charge in [-0.05, 0) is 12.8 Å². The molecule has 14 heavy (non-hydrogen) atoms. The van der Waals surface area contributed by atoms with E-state index in [1.807, 2.05) is 0 Å². The summed E-state index contributed by atoms with van der Waals surface area (Å²) >= 11 is 1.35. The lowest BCUT2D eigenvalue weighted by atomic mass is 10.4. The van der Waals surface area contributed by atoms with Gasteiger partial charge in [0, 0.05) is 12.6 Å². The number of carbonyl (C=O) groups excluding carboxylic acids is 1. The summed E-state index contributed by atoms with van der Waals surface area (Å²) in [5.41, 5.74) is 1.65. The molecule has 0 aromatic carbocycles. The minimum atomic E-state index is 0.00375. The maximum atomic E-state index is 11.9. The highest BCUT2D eigenvalue weighted by atomic mass is 32.1. The number of nitrogens with zero attached hydrogens (tertiary/aromatic N) is 2. The summed E-state index contributed by atoms with van der Waals surface area (Å²) in [7, 11) is 0. The molecule has 0 saturated heterocycles. The number of aliphatic hydroxyl groups is 1. The fourth-order valence-electron chi connectivity index (χ4n) is 1.41. The molecule has 1 aromatic heterocycles. The number of thiazole rings is 1. The summed E-state index contributed by atoms with van der Waals surface area (Å²) < 4.78 is 0. The van der Waals surface area contributed by atoms with Crippen LogP contribution in [0.15, 0.2) is 11.7 Å². The Morgan fingerprint density at radius 1 is 1.71 bits per heavy atom. The Morgan fingerprint density at radius 2 is 2.50 bits per heavy atom. The van der Waals surface area contributed by atoms with E-state index in [0.717, 1.165) is 12.8 Å². The van der Waals surface area contributed by atoms with Crippen LogP contribution < -0.4 is 0 Å². The van der Waals surface area contributed by atoms with Crippen molar-refractivity contribution in [3.05, 3.63) is 16.6 Å². The van der Waals surface area contributed by atoms with Gasteiger partial charge in [0.1, 0.15) is 4.88 Å². The van der Waals surface area contributed by atoms with Crippen molar-refractivity contribution in [2.45, 2.75) is 18.9 Å². The molecule has 0 aliphatic heterocycles. The highest BCUT2D eigenvalue weighted by Gasteiger charge is 2.32. The molecular formula is C9H12N2O2S. The standard InChI is InChI=1S/C9H12N2O2S/c12-4-3-11(7-1-2-7)9(13)8-5-10-6-14-8/h5-7,12H,1-4H2. The van der Waals surface area contributed by atoms with Crippen LogP contribution in [0.2, 0.25) is 0 Å². The van der Waals surface area contributed by atoms with Crippen molar-refractivity contribution >= 4 is 17.2 Å². The third-order valence-corrected chi connectivity index (χ3v) is 2.99. The Hall–Kier alpha value is -0.940. The van der Waals surface area contributed by atoms with Crippen molar-refractivity contribution in [2.24, 2.45) is 0 Å². The maximum Gasteiger partial charge on any atom is 0.265 e. The molecule has 2 rings (SSSR count). The molecule has 1 aromatic rings. The molecule has 0 bridgehead atoms. The monoisotopic (exact) mass is 212 g/mol. The minimum Gasteiger partial charge on any atom is -0.395 e. The molecule has 1 amide bonds. The van der Waals surface area contributed by atoms with E-state index in [2.05, 4.69) is 4.98 Å². The van der Waals surface area contributed by atoms with Gasteiger partial charge in [0.15, 0.2) is 0 Å². The van der Waals surface area contributed by atoms with Gasteiger partial charge in [0.25, 0.3) is 5.91 Å². The van der Waals surface area contributed by atoms with Crippen LogP contribution in [0, 0.1) is 0 Å². The summed E-state index contributed by atoms with van der Waals surface area (Å²) in [6.45, 7) is 0.461. The van der Waals surface area contributed by atoms with Gasteiger partial charge in [-0.15, -0.1) is 11.3 Å². The molecule has 0 unspecified atom stereocenters. The van der Waals surface area contributed by atoms with Crippen molar-refractivity contribution < 1.29 is 9.90 Å². The van der Waals surface area contributed by atoms with Crippen molar-refractivity contribution in [1.82, 2.24) is 9.88 Å². The molecule has 0 radical (unpaired) electrons. The second-order valence-electron chi connectivity index (χ2n) is 3.32. The summed E-state index contributed by atoms with van der Waals surface area (Å²) in [6, 6.07) is 0.344. The number of aromatic nitrogens is 1. The summed E-state index contributed by atoms with van der Waals surface area (Å²) in [6.07, 6.45) is 3.70. The normalized spacial score (nSPS) is 15.5. The lowest BCUT2D eigenvalue weighted by Gasteiger charge is -2.19. The Bertz CT molecular complexity index is 309. The fraction of sp³-hybridized carbons (Fsp3) is 0.556. The molecule has 1 aliphatic carbocycles. The van der Waals surface area contributed by atoms with Gasteiger partial charge in [-0.25, -0.2) is 0 Å². The highest BCUT2D eigenvalue weighted by molar-refractivity contribution is 7.11. The Kier molecular flexibility index (Phi) is 2.79. The number of rotatable bonds is 4. The van der Waals surface area contributed by atoms with Gasteiger partial charge >= 0.3 is 0 Å². The molecule has 76 valence electrons. The topological polar surface area (TPSA) is 53.4 Å². The quantitative estimate of drug-likeness (QED) is 0.801. The Balaban J connectivity index is 2.07. The number of aliphatic hydroxyl groups excluding tert-OH is 1. The van der Waals surface area contributed by atoms with Crippen LogP contribution >= 0.6 is 11.3 Å². The van der Waals surface area contributed by atoms with Crippen LogP contribution in [0.1, 0.15) is 22.5 Å². The summed E-state index contributed by atoms with van der Waals surface area (Å²) in [5.74, 6) is 0.00375. The zero-order valence-corrected chi connectivity index (χ0v) is 8.54. The molecule has 1 N–H and O–H groups in total. The first-order valence-corrected chi connectivity index (χ1v) is 5.51. The van der Waals surface area contributed by atoms with Crippen LogP contribution in [0.3, 0.4) is 0 Å². The van der Waals surface area contributed by atoms with Gasteiger partial charge in [-0.1, -0.05) is 0 Å². The van der Waals surface area contributed by atoms with Gasteiger partial charge in [-0.2, -0.15) is 0 Å². The SMILES string of the molecule is O=C(c1cncs1)N(CCO)C1CC1. The molecule has 0 atom stereocenters. The second-order valence-corrected chi connectivity index (χ2v) is 4.21. The number of hydrogen-bond donors (Lipinski definition) is 1. The molecule has 1 aliphatic rings. The van der Waals surface area contributed by atoms with E-state index in [9.17, 15) is 4.79 Å². The first-order valence-electron chi connectivity index (χ1n) is 4.63. The van der Waals surface area contributed by atoms with Crippen LogP contribution in [-0.4, -0.2) is 40.1 Å². The minimum absolute atomic E-state index is 0.00375. The summed E-state index contributed by atoms with van der Waals surface area (Å²) in [4.78, 5) is 18.1. The molecular weight excluding hydrogens is 200 g/mol. The third-order valence-electron chi connectivity index (χ3n) is 2.23. The van der Waals surface area contributed by atoms with E-state index in [4.69, 9.17) is 5.11 Å². The van der Waals surface area contributed by atoms with E-state index < -0.39 is 0 Å². The van der Waals surface area contributed by atoms with E-state index >= 15 is 0 Å². The number of hydrogen-bond acceptors (Lipinski definition) is 4. The van der Waals surface area contributed by atoms with Crippen molar-refractivity contribution in [1.29, 1.82) is 0 Å². The van der Waals surface area contributed by atoms with E-state index in [1.54, 1.807) is 16.6 Å². The predicted octanol–water partition coefficient (Wildman–Crippen LogP) is 0.740. The van der Waals surface area contributed by atoms with Crippen LogP contribution in [-0.2, 0) is 0 Å². The number of amides is 1. The van der Waals surface area contributed by atoms with Gasteiger partial charge < -0.3 is 10.0 Å². The Labute approximate surface area is 86.2 Å². The van der Waals surface area contributed by atoms with Crippen LogP contribution in [0.4, 0.5) is 0 Å². The van der Waals surface area contributed by atoms with Crippen LogP contribution in [0.5, 0.6) is 0 Å². The predicted molar refractivity (Wildman–Crippen MR) is 53.3 cm³/mol. The average Bonchev–Trinajstić information content (AvgIpc) is 2.88. The third kappa shape index (κ3) is 1.93. The molecule has 5 heteroatoms. The lowest BCUT2D eigenvalue weighted by molar-refractivity contribution is 0.0712. The average molecular weight is 212 g/mol. The van der Waals surface area contributed by atoms with Crippen molar-refractivity contribution in [3.8, 4) is 0 Å². The smallest absolute Gasteiger partial charge is 0.265 e. The van der Waals surface area contributed by atoms with E-state index in [1.165, 1.54) is 11.3 Å². The largest absolute Gasteiger partial charge is 0.395 e. The first kappa shape index (κ1) is 9.61. The number of carbonyl (C=O) groups is 1. The lowest BCUT2D eigenvalue weighted by Crippen LogP contribution is -2.35. The molecule has 0 spiro atoms. The van der Waals surface area contributed by atoms with Gasteiger partial charge in [0.05, 0.1) is 18.3 Å². The molecule has 1 heterocycles. The van der Waals surface area contributed by atoms with Crippen molar-refractivity contribution in [2.75, 3.05) is 13.2 Å². The molecule has 4 nitrogen and oxygen atoms in total. The van der Waals surface area contributed by atoms with E-state index in [-0.39, 0.29) is 12.5 Å². The first-order chi connectivity index (χ1) is 6.83. The van der Waals surface area contributed by atoms with Gasteiger partial charge in [0.2, 0.25) is 0 Å². The zero-order valence-electron chi connectivity index (χ0n) is 7.72. The zero-order chi connectivity index (χ0) is 9.97. The molecule has 1 saturated carbocycles. The maximum absolute atomic E-state index is 11.9. The van der Waals surface area contributed by atoms with E-state index in [0.29, 0.717) is 17.5 Å². The highest BCUT2D eigenvalue weighted by Crippen LogP contribution is 2.28. The van der Waals surface area contributed by atoms with Crippen LogP contribution in [0.25, 0.3) is 0 Å².